The molecule has 0 fully saturated rings. The SMILES string of the molecule is COCCOc1cccc(NC(=O)CCN)c1.Cl. The number of ether oxygens (including phenoxy) is 2. The molecule has 0 aromatic heterocycles. The molecule has 3 N–H and O–H groups in total. The average molecular weight is 275 g/mol. The van der Waals surface area contributed by atoms with Gasteiger partial charge in [0.05, 0.1) is 6.61 Å². The van der Waals surface area contributed by atoms with E-state index in [-0.39, 0.29) is 18.3 Å². The third-order valence-corrected chi connectivity index (χ3v) is 2.05. The maximum atomic E-state index is 11.3. The summed E-state index contributed by atoms with van der Waals surface area (Å²) in [7, 11) is 1.62. The van der Waals surface area contributed by atoms with Gasteiger partial charge in [-0.05, 0) is 12.1 Å². The highest BCUT2D eigenvalue weighted by Crippen LogP contribution is 2.17. The number of halogens is 1. The lowest BCUT2D eigenvalue weighted by atomic mass is 10.3. The molecule has 102 valence electrons. The van der Waals surface area contributed by atoms with Gasteiger partial charge in [-0.2, -0.15) is 0 Å². The van der Waals surface area contributed by atoms with E-state index in [1.54, 1.807) is 19.2 Å². The maximum absolute atomic E-state index is 11.3. The number of rotatable bonds is 7. The number of carbonyl (C=O) groups excluding carboxylic acids is 1. The van der Waals surface area contributed by atoms with Gasteiger partial charge < -0.3 is 20.5 Å². The first kappa shape index (κ1) is 16.7. The van der Waals surface area contributed by atoms with E-state index < -0.39 is 0 Å². The normalized spacial score (nSPS) is 9.44. The first-order chi connectivity index (χ1) is 8.26. The predicted molar refractivity (Wildman–Crippen MR) is 73.4 cm³/mol. The number of nitrogens with one attached hydrogen (secondary N) is 1. The van der Waals surface area contributed by atoms with E-state index in [2.05, 4.69) is 5.32 Å². The number of anilines is 1. The smallest absolute Gasteiger partial charge is 0.225 e. The Labute approximate surface area is 113 Å². The topological polar surface area (TPSA) is 73.6 Å². The summed E-state index contributed by atoms with van der Waals surface area (Å²) >= 11 is 0. The van der Waals surface area contributed by atoms with E-state index in [0.29, 0.717) is 37.6 Å². The zero-order chi connectivity index (χ0) is 12.5. The van der Waals surface area contributed by atoms with Crippen LogP contribution in [0.4, 0.5) is 5.69 Å². The molecule has 1 rings (SSSR count). The minimum atomic E-state index is -0.0958. The Morgan fingerprint density at radius 3 is 2.83 bits per heavy atom. The van der Waals surface area contributed by atoms with Crippen LogP contribution in [-0.4, -0.2) is 32.8 Å². The standard InChI is InChI=1S/C12H18N2O3.ClH/c1-16-7-8-17-11-4-2-3-10(9-11)14-12(15)5-6-13;/h2-4,9H,5-8,13H2,1H3,(H,14,15);1H. The highest BCUT2D eigenvalue weighted by atomic mass is 35.5. The number of hydrogen-bond donors (Lipinski definition) is 2. The lowest BCUT2D eigenvalue weighted by Gasteiger charge is -2.08. The van der Waals surface area contributed by atoms with Crippen LogP contribution in [0.5, 0.6) is 5.75 Å². The largest absolute Gasteiger partial charge is 0.491 e. The molecule has 5 nitrogen and oxygen atoms in total. The molecule has 0 aliphatic heterocycles. The van der Waals surface area contributed by atoms with Crippen molar-refractivity contribution >= 4 is 24.0 Å². The van der Waals surface area contributed by atoms with Gasteiger partial charge in [0.15, 0.2) is 0 Å². The quantitative estimate of drug-likeness (QED) is 0.738. The second-order valence-corrected chi connectivity index (χ2v) is 3.46. The number of methoxy groups -OCH3 is 1. The fourth-order valence-corrected chi connectivity index (χ4v) is 1.26. The minimum absolute atomic E-state index is 0. The molecule has 0 unspecified atom stereocenters. The molecule has 6 heteroatoms. The second-order valence-electron chi connectivity index (χ2n) is 3.46. The summed E-state index contributed by atoms with van der Waals surface area (Å²) in [6, 6.07) is 7.22. The number of hydrogen-bond acceptors (Lipinski definition) is 4. The minimum Gasteiger partial charge on any atom is -0.491 e. The third kappa shape index (κ3) is 6.44. The van der Waals surface area contributed by atoms with E-state index in [9.17, 15) is 4.79 Å². The molecule has 1 aromatic rings. The molecule has 0 radical (unpaired) electrons. The average Bonchev–Trinajstić information content (AvgIpc) is 2.30. The molecule has 1 amide bonds. The summed E-state index contributed by atoms with van der Waals surface area (Å²) < 4.78 is 10.3. The Hall–Kier alpha value is -1.30. The van der Waals surface area contributed by atoms with Crippen molar-refractivity contribution in [2.75, 3.05) is 32.2 Å². The van der Waals surface area contributed by atoms with Crippen LogP contribution in [-0.2, 0) is 9.53 Å². The van der Waals surface area contributed by atoms with Crippen molar-refractivity contribution in [1.29, 1.82) is 0 Å². The fourth-order valence-electron chi connectivity index (χ4n) is 1.26. The first-order valence-corrected chi connectivity index (χ1v) is 5.48. The van der Waals surface area contributed by atoms with Crippen molar-refractivity contribution in [3.05, 3.63) is 24.3 Å². The van der Waals surface area contributed by atoms with Gasteiger partial charge in [0, 0.05) is 31.8 Å². The Kier molecular flexibility index (Phi) is 9.00. The van der Waals surface area contributed by atoms with Crippen LogP contribution in [0.2, 0.25) is 0 Å². The van der Waals surface area contributed by atoms with Crippen molar-refractivity contribution in [3.8, 4) is 5.75 Å². The molecule has 0 bridgehead atoms. The second kappa shape index (κ2) is 9.70. The summed E-state index contributed by atoms with van der Waals surface area (Å²) in [4.78, 5) is 11.3. The predicted octanol–water partition coefficient (Wildman–Crippen LogP) is 1.42. The summed E-state index contributed by atoms with van der Waals surface area (Å²) in [6.07, 6.45) is 0.314. The molecule has 0 aliphatic carbocycles. The number of carbonyl (C=O) groups is 1. The van der Waals surface area contributed by atoms with Crippen molar-refractivity contribution in [2.24, 2.45) is 5.73 Å². The molecular formula is C12H19ClN2O3. The van der Waals surface area contributed by atoms with Crippen molar-refractivity contribution in [2.45, 2.75) is 6.42 Å². The van der Waals surface area contributed by atoms with Crippen LogP contribution in [0.1, 0.15) is 6.42 Å². The van der Waals surface area contributed by atoms with Gasteiger partial charge in [0.25, 0.3) is 0 Å². The molecule has 0 heterocycles. The first-order valence-electron chi connectivity index (χ1n) is 5.48. The van der Waals surface area contributed by atoms with Crippen molar-refractivity contribution in [1.82, 2.24) is 0 Å². The van der Waals surface area contributed by atoms with Gasteiger partial charge in [-0.3, -0.25) is 4.79 Å². The van der Waals surface area contributed by atoms with Crippen LogP contribution in [0.15, 0.2) is 24.3 Å². The van der Waals surface area contributed by atoms with Gasteiger partial charge in [-0.15, -0.1) is 12.4 Å². The summed E-state index contributed by atoms with van der Waals surface area (Å²) in [6.45, 7) is 1.36. The van der Waals surface area contributed by atoms with E-state index in [1.165, 1.54) is 0 Å². The van der Waals surface area contributed by atoms with E-state index in [4.69, 9.17) is 15.2 Å². The van der Waals surface area contributed by atoms with Crippen LogP contribution >= 0.6 is 12.4 Å². The molecule has 0 spiro atoms. The lowest BCUT2D eigenvalue weighted by Crippen LogP contribution is -2.16. The molecule has 0 saturated heterocycles. The maximum Gasteiger partial charge on any atom is 0.225 e. The Morgan fingerprint density at radius 1 is 1.39 bits per heavy atom. The number of amides is 1. The van der Waals surface area contributed by atoms with Gasteiger partial charge in [-0.1, -0.05) is 6.07 Å². The number of benzene rings is 1. The van der Waals surface area contributed by atoms with E-state index in [1.807, 2.05) is 12.1 Å². The van der Waals surface area contributed by atoms with Gasteiger partial charge >= 0.3 is 0 Å². The fraction of sp³-hybridized carbons (Fsp3) is 0.417. The lowest BCUT2D eigenvalue weighted by molar-refractivity contribution is -0.116. The van der Waals surface area contributed by atoms with Crippen LogP contribution in [0, 0.1) is 0 Å². The molecule has 1 aromatic carbocycles. The monoisotopic (exact) mass is 274 g/mol. The summed E-state index contributed by atoms with van der Waals surface area (Å²) in [5, 5.41) is 2.74. The molecule has 0 aliphatic rings. The highest BCUT2D eigenvalue weighted by molar-refractivity contribution is 5.90. The van der Waals surface area contributed by atoms with Gasteiger partial charge in [0.1, 0.15) is 12.4 Å². The van der Waals surface area contributed by atoms with Crippen LogP contribution < -0.4 is 15.8 Å². The summed E-state index contributed by atoms with van der Waals surface area (Å²) in [5.74, 6) is 0.606. The van der Waals surface area contributed by atoms with Crippen molar-refractivity contribution in [3.63, 3.8) is 0 Å². The Balaban J connectivity index is 0.00000289. The Bertz CT molecular complexity index is 361. The van der Waals surface area contributed by atoms with Crippen molar-refractivity contribution < 1.29 is 14.3 Å². The molecular weight excluding hydrogens is 256 g/mol. The Morgan fingerprint density at radius 2 is 2.17 bits per heavy atom. The number of nitrogens with two attached hydrogens (primary N) is 1. The third-order valence-electron chi connectivity index (χ3n) is 2.05. The van der Waals surface area contributed by atoms with Crippen LogP contribution in [0.25, 0.3) is 0 Å². The van der Waals surface area contributed by atoms with E-state index in [0.717, 1.165) is 0 Å². The van der Waals surface area contributed by atoms with Gasteiger partial charge in [-0.25, -0.2) is 0 Å². The zero-order valence-corrected chi connectivity index (χ0v) is 11.2. The summed E-state index contributed by atoms with van der Waals surface area (Å²) in [5.41, 5.74) is 6.00. The van der Waals surface area contributed by atoms with Crippen LogP contribution in [0.3, 0.4) is 0 Å². The molecule has 0 atom stereocenters. The molecule has 18 heavy (non-hydrogen) atoms. The van der Waals surface area contributed by atoms with Gasteiger partial charge in [0.2, 0.25) is 5.91 Å². The highest BCUT2D eigenvalue weighted by Gasteiger charge is 2.02. The van der Waals surface area contributed by atoms with E-state index >= 15 is 0 Å². The zero-order valence-electron chi connectivity index (χ0n) is 10.3. The molecule has 0 saturated carbocycles.